The highest BCUT2D eigenvalue weighted by atomic mass is 35.5. The molecule has 0 saturated heterocycles. The van der Waals surface area contributed by atoms with Crippen molar-refractivity contribution in [3.63, 3.8) is 0 Å². The van der Waals surface area contributed by atoms with Gasteiger partial charge in [0.05, 0.1) is 24.1 Å². The molecule has 1 aromatic carbocycles. The Morgan fingerprint density at radius 1 is 1.14 bits per heavy atom. The van der Waals surface area contributed by atoms with Crippen LogP contribution in [0.5, 0.6) is 5.88 Å². The molecule has 0 radical (unpaired) electrons. The molecule has 1 aliphatic heterocycles. The summed E-state index contributed by atoms with van der Waals surface area (Å²) in [7, 11) is 3.24. The Morgan fingerprint density at radius 3 is 2.54 bits per heavy atom. The van der Waals surface area contributed by atoms with Gasteiger partial charge >= 0.3 is 0 Å². The molecule has 0 saturated carbocycles. The van der Waals surface area contributed by atoms with Crippen molar-refractivity contribution in [2.45, 2.75) is 26.4 Å². The number of methoxy groups -OCH3 is 1. The number of amides is 1. The topological polar surface area (TPSA) is 82.2 Å². The van der Waals surface area contributed by atoms with E-state index in [1.807, 2.05) is 35.8 Å². The summed E-state index contributed by atoms with van der Waals surface area (Å²) in [5.41, 5.74) is 3.76. The minimum Gasteiger partial charge on any atom is -0.480 e. The molecule has 1 amide bonds. The number of hydrogen-bond donors (Lipinski definition) is 0. The molecule has 0 spiro atoms. The summed E-state index contributed by atoms with van der Waals surface area (Å²) in [4.78, 5) is 37.4. The molecule has 8 nitrogen and oxygen atoms in total. The van der Waals surface area contributed by atoms with Crippen LogP contribution in [0.3, 0.4) is 0 Å². The first-order valence-corrected chi connectivity index (χ1v) is 11.6. The van der Waals surface area contributed by atoms with E-state index >= 15 is 0 Å². The van der Waals surface area contributed by atoms with Crippen LogP contribution in [0.1, 0.15) is 40.3 Å². The molecule has 3 aromatic heterocycles. The van der Waals surface area contributed by atoms with E-state index in [2.05, 4.69) is 4.98 Å². The van der Waals surface area contributed by atoms with Gasteiger partial charge < -0.3 is 13.9 Å². The van der Waals surface area contributed by atoms with Crippen LogP contribution in [0.2, 0.25) is 5.02 Å². The highest BCUT2D eigenvalue weighted by molar-refractivity contribution is 6.30. The number of imidazole rings is 1. The number of benzene rings is 1. The van der Waals surface area contributed by atoms with E-state index in [0.717, 1.165) is 5.56 Å². The Kier molecular flexibility index (Phi) is 5.68. The second-order valence-electron chi connectivity index (χ2n) is 8.40. The van der Waals surface area contributed by atoms with E-state index < -0.39 is 6.04 Å². The number of rotatable bonds is 5. The average molecular weight is 490 g/mol. The third-order valence-corrected chi connectivity index (χ3v) is 6.52. The zero-order valence-electron chi connectivity index (χ0n) is 19.8. The van der Waals surface area contributed by atoms with Crippen LogP contribution in [-0.4, -0.2) is 32.1 Å². The van der Waals surface area contributed by atoms with E-state index in [9.17, 15) is 9.59 Å². The van der Waals surface area contributed by atoms with Gasteiger partial charge in [-0.3, -0.25) is 14.5 Å². The number of aromatic nitrogens is 4. The van der Waals surface area contributed by atoms with Crippen molar-refractivity contribution in [2.24, 2.45) is 7.05 Å². The van der Waals surface area contributed by atoms with Gasteiger partial charge in [0.15, 0.2) is 0 Å². The number of pyridine rings is 2. The summed E-state index contributed by atoms with van der Waals surface area (Å²) in [6.07, 6.45) is 3.34. The van der Waals surface area contributed by atoms with Gasteiger partial charge in [-0.15, -0.1) is 0 Å². The Bertz CT molecular complexity index is 1480. The number of ether oxygens (including phenoxy) is 1. The molecule has 0 bridgehead atoms. The quantitative estimate of drug-likeness (QED) is 0.415. The number of halogens is 1. The minimum absolute atomic E-state index is 0.108. The minimum atomic E-state index is -0.499. The largest absolute Gasteiger partial charge is 0.480 e. The number of carbonyl (C=O) groups excluding carboxylic acids is 1. The predicted octanol–water partition coefficient (Wildman–Crippen LogP) is 4.38. The molecule has 9 heteroatoms. The molecule has 0 aliphatic carbocycles. The number of anilines is 1. The molecule has 4 aromatic rings. The summed E-state index contributed by atoms with van der Waals surface area (Å²) in [5, 5.41) is 0.600. The second kappa shape index (κ2) is 8.70. The zero-order valence-corrected chi connectivity index (χ0v) is 20.6. The standard InChI is InChI=1S/C26H24ClN5O3/c1-5-31-22-20(29-23(31)19-7-6-12-28-24(19)35-4)21(16-8-10-17(27)11-9-16)32(26(22)34)18-13-15(2)25(33)30(3)14-18/h6-14,21H,5H2,1-4H3. The first kappa shape index (κ1) is 22.9. The lowest BCUT2D eigenvalue weighted by atomic mass is 10.0. The monoisotopic (exact) mass is 489 g/mol. The number of nitrogens with zero attached hydrogens (tertiary/aromatic N) is 5. The summed E-state index contributed by atoms with van der Waals surface area (Å²) >= 11 is 6.17. The van der Waals surface area contributed by atoms with E-state index in [-0.39, 0.29) is 11.5 Å². The average Bonchev–Trinajstić information content (AvgIpc) is 3.37. The molecule has 4 heterocycles. The van der Waals surface area contributed by atoms with Crippen molar-refractivity contribution in [2.75, 3.05) is 12.0 Å². The normalized spacial score (nSPS) is 14.9. The molecule has 35 heavy (non-hydrogen) atoms. The van der Waals surface area contributed by atoms with Gasteiger partial charge in [0, 0.05) is 36.6 Å². The van der Waals surface area contributed by atoms with Gasteiger partial charge in [-0.05, 0) is 49.7 Å². The van der Waals surface area contributed by atoms with Crippen LogP contribution in [-0.2, 0) is 13.6 Å². The smallest absolute Gasteiger partial charge is 0.277 e. The van der Waals surface area contributed by atoms with Crippen LogP contribution in [0.25, 0.3) is 11.4 Å². The second-order valence-corrected chi connectivity index (χ2v) is 8.84. The van der Waals surface area contributed by atoms with Gasteiger partial charge in [-0.2, -0.15) is 0 Å². The van der Waals surface area contributed by atoms with Crippen molar-refractivity contribution in [1.82, 2.24) is 19.1 Å². The molecule has 0 fully saturated rings. The van der Waals surface area contributed by atoms with E-state index in [4.69, 9.17) is 21.3 Å². The zero-order chi connectivity index (χ0) is 24.9. The van der Waals surface area contributed by atoms with Crippen LogP contribution >= 0.6 is 11.6 Å². The number of aryl methyl sites for hydroxylation is 2. The fraction of sp³-hybridized carbons (Fsp3) is 0.231. The highest BCUT2D eigenvalue weighted by Crippen LogP contribution is 2.43. The number of hydrogen-bond acceptors (Lipinski definition) is 5. The third kappa shape index (κ3) is 3.61. The third-order valence-electron chi connectivity index (χ3n) is 6.27. The maximum absolute atomic E-state index is 14.0. The Balaban J connectivity index is 1.76. The summed E-state index contributed by atoms with van der Waals surface area (Å²) in [6.45, 7) is 4.24. The van der Waals surface area contributed by atoms with E-state index in [0.29, 0.717) is 51.5 Å². The van der Waals surface area contributed by atoms with Gasteiger partial charge in [0.25, 0.3) is 11.5 Å². The molecule has 1 aliphatic rings. The molecular formula is C26H24ClN5O3. The van der Waals surface area contributed by atoms with Gasteiger partial charge in [0.1, 0.15) is 17.6 Å². The molecular weight excluding hydrogens is 466 g/mol. The van der Waals surface area contributed by atoms with Gasteiger partial charge in [0.2, 0.25) is 5.88 Å². The lowest BCUT2D eigenvalue weighted by molar-refractivity contribution is 0.0985. The van der Waals surface area contributed by atoms with E-state index in [1.54, 1.807) is 56.6 Å². The van der Waals surface area contributed by atoms with Crippen molar-refractivity contribution < 1.29 is 9.53 Å². The lowest BCUT2D eigenvalue weighted by Gasteiger charge is -2.26. The van der Waals surface area contributed by atoms with Gasteiger partial charge in [-0.1, -0.05) is 23.7 Å². The first-order chi connectivity index (χ1) is 16.8. The number of carbonyl (C=O) groups is 1. The van der Waals surface area contributed by atoms with E-state index in [1.165, 1.54) is 4.57 Å². The Morgan fingerprint density at radius 2 is 1.89 bits per heavy atom. The first-order valence-electron chi connectivity index (χ1n) is 11.2. The SMILES string of the molecule is CCn1c(-c2cccnc2OC)nc2c1C(=O)N(c1cc(C)c(=O)n(C)c1)C2c1ccc(Cl)cc1. The molecule has 178 valence electrons. The molecule has 1 atom stereocenters. The maximum Gasteiger partial charge on any atom is 0.277 e. The Hall–Kier alpha value is -3.91. The summed E-state index contributed by atoms with van der Waals surface area (Å²) < 4.78 is 8.86. The number of fused-ring (bicyclic) bond motifs is 1. The summed E-state index contributed by atoms with van der Waals surface area (Å²) in [5.74, 6) is 0.861. The van der Waals surface area contributed by atoms with Crippen LogP contribution in [0.15, 0.2) is 59.7 Å². The molecule has 1 unspecified atom stereocenters. The van der Waals surface area contributed by atoms with Crippen LogP contribution in [0, 0.1) is 6.92 Å². The van der Waals surface area contributed by atoms with Gasteiger partial charge in [-0.25, -0.2) is 9.97 Å². The van der Waals surface area contributed by atoms with Crippen molar-refractivity contribution >= 4 is 23.2 Å². The van der Waals surface area contributed by atoms with Crippen molar-refractivity contribution in [3.8, 4) is 17.3 Å². The van der Waals surface area contributed by atoms with Crippen LogP contribution in [0.4, 0.5) is 5.69 Å². The Labute approximate surface area is 207 Å². The fourth-order valence-corrected chi connectivity index (χ4v) is 4.81. The predicted molar refractivity (Wildman–Crippen MR) is 134 cm³/mol. The highest BCUT2D eigenvalue weighted by Gasteiger charge is 2.44. The fourth-order valence-electron chi connectivity index (χ4n) is 4.68. The summed E-state index contributed by atoms with van der Waals surface area (Å²) in [6, 6.07) is 12.3. The van der Waals surface area contributed by atoms with Crippen LogP contribution < -0.4 is 15.2 Å². The maximum atomic E-state index is 14.0. The van der Waals surface area contributed by atoms with Crippen molar-refractivity contribution in [1.29, 1.82) is 0 Å². The molecule has 0 N–H and O–H groups in total. The van der Waals surface area contributed by atoms with Crippen molar-refractivity contribution in [3.05, 3.63) is 92.7 Å². The lowest BCUT2D eigenvalue weighted by Crippen LogP contribution is -2.32. The molecule has 5 rings (SSSR count).